The fourth-order valence-electron chi connectivity index (χ4n) is 1.91. The first kappa shape index (κ1) is 14.5. The summed E-state index contributed by atoms with van der Waals surface area (Å²) in [6.45, 7) is 7.98. The van der Waals surface area contributed by atoms with E-state index in [1.165, 1.54) is 0 Å². The molecule has 0 aliphatic rings. The van der Waals surface area contributed by atoms with Crippen molar-refractivity contribution in [3.63, 3.8) is 0 Å². The van der Waals surface area contributed by atoms with E-state index < -0.39 is 6.04 Å². The molecule has 0 unspecified atom stereocenters. The summed E-state index contributed by atoms with van der Waals surface area (Å²) in [5.41, 5.74) is 6.39. The normalized spacial score (nSPS) is 14.2. The molecule has 2 atom stereocenters. The zero-order valence-corrected chi connectivity index (χ0v) is 11.1. The van der Waals surface area contributed by atoms with E-state index in [0.717, 1.165) is 12.0 Å². The van der Waals surface area contributed by atoms with Crippen LogP contribution in [0.1, 0.15) is 31.9 Å². The highest BCUT2D eigenvalue weighted by molar-refractivity contribution is 5.81. The molecule has 0 aliphatic carbocycles. The summed E-state index contributed by atoms with van der Waals surface area (Å²) in [5, 5.41) is 3.32. The number of rotatable bonds is 7. The van der Waals surface area contributed by atoms with Crippen molar-refractivity contribution in [1.29, 1.82) is 0 Å². The van der Waals surface area contributed by atoms with Gasteiger partial charge in [-0.25, -0.2) is 0 Å². The van der Waals surface area contributed by atoms with Gasteiger partial charge in [0.25, 0.3) is 0 Å². The molecule has 18 heavy (non-hydrogen) atoms. The van der Waals surface area contributed by atoms with Crippen LogP contribution in [-0.4, -0.2) is 11.9 Å². The quantitative estimate of drug-likeness (QED) is 0.726. The van der Waals surface area contributed by atoms with Crippen molar-refractivity contribution in [1.82, 2.24) is 5.32 Å². The van der Waals surface area contributed by atoms with Gasteiger partial charge < -0.3 is 5.73 Å². The van der Waals surface area contributed by atoms with Crippen LogP contribution in [0.15, 0.2) is 43.0 Å². The number of carbonyl (C=O) groups is 1. The van der Waals surface area contributed by atoms with Crippen LogP contribution in [0.4, 0.5) is 0 Å². The van der Waals surface area contributed by atoms with E-state index in [2.05, 4.69) is 25.7 Å². The van der Waals surface area contributed by atoms with Crippen molar-refractivity contribution in [2.45, 2.75) is 32.4 Å². The summed E-state index contributed by atoms with van der Waals surface area (Å²) in [6, 6.07) is 9.31. The van der Waals surface area contributed by atoms with Gasteiger partial charge in [0.1, 0.15) is 6.04 Å². The van der Waals surface area contributed by atoms with Gasteiger partial charge in [-0.15, -0.1) is 6.58 Å². The molecule has 0 aliphatic heterocycles. The fourth-order valence-corrected chi connectivity index (χ4v) is 1.91. The Morgan fingerprint density at radius 1 is 1.39 bits per heavy atom. The first-order valence-electron chi connectivity index (χ1n) is 6.27. The van der Waals surface area contributed by atoms with Gasteiger partial charge in [0, 0.05) is 6.04 Å². The lowest BCUT2D eigenvalue weighted by atomic mass is 9.97. The topological polar surface area (TPSA) is 55.1 Å². The van der Waals surface area contributed by atoms with Crippen LogP contribution in [-0.2, 0) is 4.79 Å². The van der Waals surface area contributed by atoms with Crippen molar-refractivity contribution in [3.8, 4) is 0 Å². The highest BCUT2D eigenvalue weighted by atomic mass is 16.1. The van der Waals surface area contributed by atoms with E-state index in [1.54, 1.807) is 0 Å². The SMILES string of the molecule is C=CC[C@@H](N[C@@H](C(N)=O)c1ccccc1)C(C)C. The third kappa shape index (κ3) is 4.00. The molecule has 0 fully saturated rings. The molecule has 1 amide bonds. The average Bonchev–Trinajstić information content (AvgIpc) is 2.34. The van der Waals surface area contributed by atoms with Crippen molar-refractivity contribution < 1.29 is 4.79 Å². The molecule has 98 valence electrons. The Labute approximate surface area is 109 Å². The molecular formula is C15H22N2O. The first-order valence-corrected chi connectivity index (χ1v) is 6.27. The second kappa shape index (κ2) is 6.97. The lowest BCUT2D eigenvalue weighted by molar-refractivity contribution is -0.120. The van der Waals surface area contributed by atoms with Crippen LogP contribution in [0.25, 0.3) is 0 Å². The molecule has 1 aromatic carbocycles. The maximum Gasteiger partial charge on any atom is 0.239 e. The molecule has 0 saturated heterocycles. The monoisotopic (exact) mass is 246 g/mol. The van der Waals surface area contributed by atoms with Gasteiger partial charge in [-0.3, -0.25) is 10.1 Å². The maximum atomic E-state index is 11.6. The molecular weight excluding hydrogens is 224 g/mol. The Balaban J connectivity index is 2.86. The Bertz CT molecular complexity index is 387. The van der Waals surface area contributed by atoms with Crippen molar-refractivity contribution >= 4 is 5.91 Å². The summed E-state index contributed by atoms with van der Waals surface area (Å²) < 4.78 is 0. The van der Waals surface area contributed by atoms with Gasteiger partial charge in [-0.2, -0.15) is 0 Å². The van der Waals surface area contributed by atoms with Gasteiger partial charge in [-0.05, 0) is 17.9 Å². The molecule has 3 heteroatoms. The molecule has 0 aromatic heterocycles. The third-order valence-corrected chi connectivity index (χ3v) is 3.02. The molecule has 1 rings (SSSR count). The minimum absolute atomic E-state index is 0.195. The zero-order valence-electron chi connectivity index (χ0n) is 11.1. The van der Waals surface area contributed by atoms with Crippen molar-refractivity contribution in [3.05, 3.63) is 48.6 Å². The molecule has 0 spiro atoms. The lowest BCUT2D eigenvalue weighted by Gasteiger charge is -2.26. The van der Waals surface area contributed by atoms with E-state index in [-0.39, 0.29) is 11.9 Å². The van der Waals surface area contributed by atoms with E-state index in [4.69, 9.17) is 5.73 Å². The Kier molecular flexibility index (Phi) is 5.59. The maximum absolute atomic E-state index is 11.6. The predicted octanol–water partition coefficient (Wildman–Crippen LogP) is 2.40. The third-order valence-electron chi connectivity index (χ3n) is 3.02. The summed E-state index contributed by atoms with van der Waals surface area (Å²) in [7, 11) is 0. The minimum atomic E-state index is -0.446. The van der Waals surface area contributed by atoms with Gasteiger partial charge in [0.05, 0.1) is 0 Å². The van der Waals surface area contributed by atoms with Gasteiger partial charge >= 0.3 is 0 Å². The van der Waals surface area contributed by atoms with Crippen molar-refractivity contribution in [2.24, 2.45) is 11.7 Å². The molecule has 0 saturated carbocycles. The van der Waals surface area contributed by atoms with Crippen LogP contribution < -0.4 is 11.1 Å². The highest BCUT2D eigenvalue weighted by Gasteiger charge is 2.22. The number of benzene rings is 1. The number of hydrogen-bond acceptors (Lipinski definition) is 2. The van der Waals surface area contributed by atoms with Crippen molar-refractivity contribution in [2.75, 3.05) is 0 Å². The number of carbonyl (C=O) groups excluding carboxylic acids is 1. The van der Waals surface area contributed by atoms with Crippen LogP contribution >= 0.6 is 0 Å². The van der Waals surface area contributed by atoms with E-state index in [9.17, 15) is 4.79 Å². The smallest absolute Gasteiger partial charge is 0.239 e. The Morgan fingerprint density at radius 2 is 2.00 bits per heavy atom. The van der Waals surface area contributed by atoms with Gasteiger partial charge in [-0.1, -0.05) is 50.3 Å². The number of primary amides is 1. The number of hydrogen-bond donors (Lipinski definition) is 2. The largest absolute Gasteiger partial charge is 0.368 e. The second-order valence-corrected chi connectivity index (χ2v) is 4.79. The van der Waals surface area contributed by atoms with Crippen LogP contribution in [0.5, 0.6) is 0 Å². The Morgan fingerprint density at radius 3 is 2.44 bits per heavy atom. The van der Waals surface area contributed by atoms with Gasteiger partial charge in [0.15, 0.2) is 0 Å². The van der Waals surface area contributed by atoms with Crippen LogP contribution in [0, 0.1) is 5.92 Å². The number of amides is 1. The van der Waals surface area contributed by atoms with Crippen LogP contribution in [0.3, 0.4) is 0 Å². The summed E-state index contributed by atoms with van der Waals surface area (Å²) in [5.74, 6) is 0.0597. The first-order chi connectivity index (χ1) is 8.56. The van der Waals surface area contributed by atoms with E-state index in [0.29, 0.717) is 5.92 Å². The fraction of sp³-hybridized carbons (Fsp3) is 0.400. The molecule has 1 aromatic rings. The summed E-state index contributed by atoms with van der Waals surface area (Å²) >= 11 is 0. The van der Waals surface area contributed by atoms with Crippen LogP contribution in [0.2, 0.25) is 0 Å². The minimum Gasteiger partial charge on any atom is -0.368 e. The Hall–Kier alpha value is -1.61. The molecule has 3 nitrogen and oxygen atoms in total. The molecule has 0 heterocycles. The molecule has 0 bridgehead atoms. The number of nitrogens with two attached hydrogens (primary N) is 1. The second-order valence-electron chi connectivity index (χ2n) is 4.79. The summed E-state index contributed by atoms with van der Waals surface area (Å²) in [4.78, 5) is 11.6. The predicted molar refractivity (Wildman–Crippen MR) is 75.0 cm³/mol. The van der Waals surface area contributed by atoms with E-state index >= 15 is 0 Å². The molecule has 3 N–H and O–H groups in total. The average molecular weight is 246 g/mol. The zero-order chi connectivity index (χ0) is 13.5. The van der Waals surface area contributed by atoms with E-state index in [1.807, 2.05) is 36.4 Å². The lowest BCUT2D eigenvalue weighted by Crippen LogP contribution is -2.42. The highest BCUT2D eigenvalue weighted by Crippen LogP contribution is 2.16. The standard InChI is InChI=1S/C15H22N2O/c1-4-8-13(11(2)3)17-14(15(16)18)12-9-6-5-7-10-12/h4-7,9-11,13-14,17H,1,8H2,2-3H3,(H2,16,18)/t13-,14-/m1/s1. The molecule has 0 radical (unpaired) electrons. The van der Waals surface area contributed by atoms with Gasteiger partial charge in [0.2, 0.25) is 5.91 Å². The number of nitrogens with one attached hydrogen (secondary N) is 1. The summed E-state index contributed by atoms with van der Waals surface area (Å²) in [6.07, 6.45) is 2.68.